The SMILES string of the molecule is CCN(CC)S(=O)(=O)c1ccc(OC(C)C)c(NC(=O)c2ccoc2)c1. The molecule has 0 unspecified atom stereocenters. The largest absolute Gasteiger partial charge is 0.489 e. The molecular weight excluding hydrogens is 356 g/mol. The van der Waals surface area contributed by atoms with Crippen molar-refractivity contribution in [1.82, 2.24) is 4.31 Å². The van der Waals surface area contributed by atoms with Gasteiger partial charge in [0.05, 0.1) is 28.5 Å². The van der Waals surface area contributed by atoms with Crippen molar-refractivity contribution in [2.75, 3.05) is 18.4 Å². The molecule has 0 radical (unpaired) electrons. The molecule has 26 heavy (non-hydrogen) atoms. The molecule has 1 heterocycles. The first-order valence-electron chi connectivity index (χ1n) is 8.44. The molecule has 1 amide bonds. The van der Waals surface area contributed by atoms with E-state index in [0.717, 1.165) is 0 Å². The zero-order chi connectivity index (χ0) is 19.3. The zero-order valence-corrected chi connectivity index (χ0v) is 16.2. The summed E-state index contributed by atoms with van der Waals surface area (Å²) in [5.41, 5.74) is 0.621. The van der Waals surface area contributed by atoms with Gasteiger partial charge in [-0.05, 0) is 38.1 Å². The third-order valence-electron chi connectivity index (χ3n) is 3.69. The van der Waals surface area contributed by atoms with Gasteiger partial charge in [0.15, 0.2) is 0 Å². The van der Waals surface area contributed by atoms with Crippen LogP contribution in [0.2, 0.25) is 0 Å². The smallest absolute Gasteiger partial charge is 0.259 e. The predicted molar refractivity (Wildman–Crippen MR) is 99.0 cm³/mol. The molecule has 0 saturated heterocycles. The number of ether oxygens (including phenoxy) is 1. The number of rotatable bonds is 8. The van der Waals surface area contributed by atoms with Gasteiger partial charge < -0.3 is 14.5 Å². The van der Waals surface area contributed by atoms with E-state index in [-0.39, 0.29) is 16.7 Å². The Labute approximate surface area is 154 Å². The number of carbonyl (C=O) groups is 1. The molecule has 0 spiro atoms. The van der Waals surface area contributed by atoms with Gasteiger partial charge in [-0.25, -0.2) is 8.42 Å². The van der Waals surface area contributed by atoms with Crippen LogP contribution in [0, 0.1) is 0 Å². The van der Waals surface area contributed by atoms with Gasteiger partial charge in [0, 0.05) is 13.1 Å². The van der Waals surface area contributed by atoms with Gasteiger partial charge >= 0.3 is 0 Å². The number of nitrogens with zero attached hydrogens (tertiary/aromatic N) is 1. The van der Waals surface area contributed by atoms with Crippen LogP contribution in [0.15, 0.2) is 46.1 Å². The molecule has 0 bridgehead atoms. The molecule has 2 rings (SSSR count). The summed E-state index contributed by atoms with van der Waals surface area (Å²) in [7, 11) is -3.65. The van der Waals surface area contributed by atoms with Gasteiger partial charge in [0.2, 0.25) is 10.0 Å². The first kappa shape index (κ1) is 20.0. The van der Waals surface area contributed by atoms with Crippen molar-refractivity contribution in [3.05, 3.63) is 42.4 Å². The van der Waals surface area contributed by atoms with E-state index < -0.39 is 15.9 Å². The Morgan fingerprint density at radius 3 is 2.46 bits per heavy atom. The van der Waals surface area contributed by atoms with Crippen molar-refractivity contribution in [3.8, 4) is 5.75 Å². The molecule has 0 aliphatic heterocycles. The van der Waals surface area contributed by atoms with Crippen LogP contribution in [-0.2, 0) is 10.0 Å². The summed E-state index contributed by atoms with van der Waals surface area (Å²) in [6, 6.07) is 5.98. The number of furan rings is 1. The van der Waals surface area contributed by atoms with Gasteiger partial charge in [-0.3, -0.25) is 4.79 Å². The van der Waals surface area contributed by atoms with Gasteiger partial charge in [-0.2, -0.15) is 4.31 Å². The fourth-order valence-electron chi connectivity index (χ4n) is 2.42. The van der Waals surface area contributed by atoms with E-state index in [0.29, 0.717) is 24.4 Å². The second-order valence-electron chi connectivity index (χ2n) is 5.88. The molecule has 0 aliphatic rings. The molecule has 142 valence electrons. The van der Waals surface area contributed by atoms with Crippen LogP contribution in [0.25, 0.3) is 0 Å². The van der Waals surface area contributed by atoms with Crippen molar-refractivity contribution in [2.24, 2.45) is 0 Å². The second kappa shape index (κ2) is 8.37. The average Bonchev–Trinajstić information content (AvgIpc) is 3.11. The lowest BCUT2D eigenvalue weighted by Gasteiger charge is -2.20. The van der Waals surface area contributed by atoms with Gasteiger partial charge in [-0.1, -0.05) is 13.8 Å². The molecular formula is C18H24N2O5S. The Morgan fingerprint density at radius 2 is 1.92 bits per heavy atom. The quantitative estimate of drug-likeness (QED) is 0.759. The maximum absolute atomic E-state index is 12.8. The van der Waals surface area contributed by atoms with E-state index in [1.165, 1.54) is 35.0 Å². The molecule has 0 fully saturated rings. The van der Waals surface area contributed by atoms with Crippen LogP contribution < -0.4 is 10.1 Å². The minimum absolute atomic E-state index is 0.0970. The molecule has 1 N–H and O–H groups in total. The fourth-order valence-corrected chi connectivity index (χ4v) is 3.91. The van der Waals surface area contributed by atoms with Crippen molar-refractivity contribution in [3.63, 3.8) is 0 Å². The number of anilines is 1. The van der Waals surface area contributed by atoms with Crippen molar-refractivity contribution in [2.45, 2.75) is 38.7 Å². The highest BCUT2D eigenvalue weighted by Gasteiger charge is 2.23. The number of benzene rings is 1. The summed E-state index contributed by atoms with van der Waals surface area (Å²) in [6.45, 7) is 7.97. The topological polar surface area (TPSA) is 88.9 Å². The third kappa shape index (κ3) is 4.44. The molecule has 1 aromatic carbocycles. The Morgan fingerprint density at radius 1 is 1.23 bits per heavy atom. The first-order valence-corrected chi connectivity index (χ1v) is 9.88. The molecule has 0 atom stereocenters. The number of amides is 1. The Bertz CT molecular complexity index is 840. The normalized spacial score (nSPS) is 11.8. The van der Waals surface area contributed by atoms with E-state index >= 15 is 0 Å². The first-order chi connectivity index (χ1) is 12.3. The molecule has 7 nitrogen and oxygen atoms in total. The lowest BCUT2D eigenvalue weighted by Crippen LogP contribution is -2.30. The lowest BCUT2D eigenvalue weighted by molar-refractivity contribution is 0.102. The fraction of sp³-hybridized carbons (Fsp3) is 0.389. The van der Waals surface area contributed by atoms with E-state index in [2.05, 4.69) is 5.32 Å². The lowest BCUT2D eigenvalue weighted by atomic mass is 10.2. The van der Waals surface area contributed by atoms with E-state index in [9.17, 15) is 13.2 Å². The number of hydrogen-bond donors (Lipinski definition) is 1. The molecule has 0 aliphatic carbocycles. The predicted octanol–water partition coefficient (Wildman–Crippen LogP) is 3.35. The Kier molecular flexibility index (Phi) is 6.44. The summed E-state index contributed by atoms with van der Waals surface area (Å²) in [5.74, 6) is -0.0138. The Balaban J connectivity index is 2.43. The van der Waals surface area contributed by atoms with Crippen molar-refractivity contribution < 1.29 is 22.4 Å². The molecule has 2 aromatic rings. The highest BCUT2D eigenvalue weighted by molar-refractivity contribution is 7.89. The second-order valence-corrected chi connectivity index (χ2v) is 7.82. The zero-order valence-electron chi connectivity index (χ0n) is 15.4. The highest BCUT2D eigenvalue weighted by atomic mass is 32.2. The number of hydrogen-bond acceptors (Lipinski definition) is 5. The van der Waals surface area contributed by atoms with Crippen molar-refractivity contribution >= 4 is 21.6 Å². The van der Waals surface area contributed by atoms with Gasteiger partial charge in [0.25, 0.3) is 5.91 Å². The highest BCUT2D eigenvalue weighted by Crippen LogP contribution is 2.30. The van der Waals surface area contributed by atoms with Crippen LogP contribution in [0.1, 0.15) is 38.1 Å². The number of nitrogens with one attached hydrogen (secondary N) is 1. The van der Waals surface area contributed by atoms with E-state index in [4.69, 9.17) is 9.15 Å². The van der Waals surface area contributed by atoms with E-state index in [1.807, 2.05) is 13.8 Å². The molecule has 0 saturated carbocycles. The van der Waals surface area contributed by atoms with Crippen LogP contribution >= 0.6 is 0 Å². The van der Waals surface area contributed by atoms with Gasteiger partial charge in [0.1, 0.15) is 12.0 Å². The monoisotopic (exact) mass is 380 g/mol. The minimum atomic E-state index is -3.65. The van der Waals surface area contributed by atoms with Crippen LogP contribution in [-0.4, -0.2) is 37.8 Å². The average molecular weight is 380 g/mol. The van der Waals surface area contributed by atoms with E-state index in [1.54, 1.807) is 19.9 Å². The van der Waals surface area contributed by atoms with Crippen molar-refractivity contribution in [1.29, 1.82) is 0 Å². The summed E-state index contributed by atoms with van der Waals surface area (Å²) < 4.78 is 37.5. The van der Waals surface area contributed by atoms with Crippen LogP contribution in [0.4, 0.5) is 5.69 Å². The standard InChI is InChI=1S/C18H24N2O5S/c1-5-20(6-2)26(22,23)15-7-8-17(25-13(3)4)16(11-15)19-18(21)14-9-10-24-12-14/h7-13H,5-6H2,1-4H3,(H,19,21). The third-order valence-corrected chi connectivity index (χ3v) is 5.73. The van der Waals surface area contributed by atoms with Crippen LogP contribution in [0.5, 0.6) is 5.75 Å². The summed E-state index contributed by atoms with van der Waals surface area (Å²) in [4.78, 5) is 12.4. The number of carbonyl (C=O) groups excluding carboxylic acids is 1. The van der Waals surface area contributed by atoms with Crippen LogP contribution in [0.3, 0.4) is 0 Å². The maximum atomic E-state index is 12.8. The maximum Gasteiger partial charge on any atom is 0.259 e. The molecule has 8 heteroatoms. The molecule has 1 aromatic heterocycles. The summed E-state index contributed by atoms with van der Waals surface area (Å²) in [6.07, 6.45) is 2.57. The number of sulfonamides is 1. The summed E-state index contributed by atoms with van der Waals surface area (Å²) in [5, 5.41) is 2.70. The Hall–Kier alpha value is -2.32. The summed E-state index contributed by atoms with van der Waals surface area (Å²) >= 11 is 0. The van der Waals surface area contributed by atoms with Gasteiger partial charge in [-0.15, -0.1) is 0 Å². The minimum Gasteiger partial charge on any atom is -0.489 e.